The normalized spacial score (nSPS) is 14.3. The summed E-state index contributed by atoms with van der Waals surface area (Å²) in [5, 5.41) is 0. The fourth-order valence-electron chi connectivity index (χ4n) is 2.60. The first-order valence-corrected chi connectivity index (χ1v) is 8.58. The average molecular weight is 268 g/mol. The molecule has 0 N–H and O–H groups in total. The van der Waals surface area contributed by atoms with Gasteiger partial charge in [-0.25, -0.2) is 0 Å². The molecule has 114 valence electrons. The summed E-state index contributed by atoms with van der Waals surface area (Å²) in [5.74, 6) is 0.367. The van der Waals surface area contributed by atoms with Gasteiger partial charge in [-0.15, -0.1) is 0 Å². The zero-order valence-corrected chi connectivity index (χ0v) is 13.9. The SMILES string of the molecule is CCCCCCCCCCCCC(C)(CC)C(C)=O. The molecule has 0 aliphatic heterocycles. The molecule has 0 rings (SSSR count). The molecule has 0 bridgehead atoms. The Hall–Kier alpha value is -0.330. The van der Waals surface area contributed by atoms with Crippen molar-refractivity contribution >= 4 is 5.78 Å². The van der Waals surface area contributed by atoms with Gasteiger partial charge >= 0.3 is 0 Å². The van der Waals surface area contributed by atoms with E-state index < -0.39 is 0 Å². The summed E-state index contributed by atoms with van der Waals surface area (Å²) in [4.78, 5) is 11.6. The summed E-state index contributed by atoms with van der Waals surface area (Å²) >= 11 is 0. The lowest BCUT2D eigenvalue weighted by Crippen LogP contribution is -2.24. The summed E-state index contributed by atoms with van der Waals surface area (Å²) in [6.45, 7) is 8.28. The van der Waals surface area contributed by atoms with E-state index in [1.165, 1.54) is 64.2 Å². The van der Waals surface area contributed by atoms with Gasteiger partial charge in [-0.05, 0) is 19.8 Å². The van der Waals surface area contributed by atoms with Gasteiger partial charge in [0, 0.05) is 5.41 Å². The quantitative estimate of drug-likeness (QED) is 0.358. The Kier molecular flexibility index (Phi) is 11.3. The summed E-state index contributed by atoms with van der Waals surface area (Å²) in [7, 11) is 0. The number of rotatable bonds is 13. The molecule has 0 saturated heterocycles. The number of hydrogen-bond acceptors (Lipinski definition) is 1. The number of hydrogen-bond donors (Lipinski definition) is 0. The molecule has 0 heterocycles. The average Bonchev–Trinajstić information content (AvgIpc) is 2.40. The van der Waals surface area contributed by atoms with Crippen molar-refractivity contribution in [3.8, 4) is 0 Å². The molecule has 0 aliphatic carbocycles. The molecule has 0 spiro atoms. The minimum Gasteiger partial charge on any atom is -0.299 e. The molecule has 0 aromatic carbocycles. The molecule has 0 amide bonds. The van der Waals surface area contributed by atoms with Gasteiger partial charge in [-0.2, -0.15) is 0 Å². The van der Waals surface area contributed by atoms with E-state index in [9.17, 15) is 4.79 Å². The van der Waals surface area contributed by atoms with E-state index in [-0.39, 0.29) is 5.41 Å². The van der Waals surface area contributed by atoms with Crippen LogP contribution in [-0.4, -0.2) is 5.78 Å². The molecular formula is C18H36O. The first-order chi connectivity index (χ1) is 9.06. The van der Waals surface area contributed by atoms with Crippen LogP contribution in [0.25, 0.3) is 0 Å². The molecule has 0 saturated carbocycles. The van der Waals surface area contributed by atoms with Crippen molar-refractivity contribution in [1.29, 1.82) is 0 Å². The van der Waals surface area contributed by atoms with Gasteiger partial charge in [0.1, 0.15) is 5.78 Å². The molecule has 1 nitrogen and oxygen atoms in total. The van der Waals surface area contributed by atoms with E-state index in [0.29, 0.717) is 5.78 Å². The second kappa shape index (κ2) is 11.5. The van der Waals surface area contributed by atoms with Crippen molar-refractivity contribution in [1.82, 2.24) is 0 Å². The van der Waals surface area contributed by atoms with Gasteiger partial charge in [-0.1, -0.05) is 85.0 Å². The number of carbonyl (C=O) groups is 1. The minimum absolute atomic E-state index is 0.0554. The van der Waals surface area contributed by atoms with Crippen LogP contribution in [0.3, 0.4) is 0 Å². The number of unbranched alkanes of at least 4 members (excludes halogenated alkanes) is 9. The van der Waals surface area contributed by atoms with Crippen LogP contribution in [0, 0.1) is 5.41 Å². The van der Waals surface area contributed by atoms with Gasteiger partial charge in [0.15, 0.2) is 0 Å². The highest BCUT2D eigenvalue weighted by atomic mass is 16.1. The number of Topliss-reactive ketones (excluding diaryl/α,β-unsaturated/α-hetero) is 1. The monoisotopic (exact) mass is 268 g/mol. The Bertz CT molecular complexity index is 222. The highest BCUT2D eigenvalue weighted by molar-refractivity contribution is 5.81. The van der Waals surface area contributed by atoms with Gasteiger partial charge < -0.3 is 0 Å². The van der Waals surface area contributed by atoms with Crippen molar-refractivity contribution < 1.29 is 4.79 Å². The molecule has 0 aromatic rings. The van der Waals surface area contributed by atoms with E-state index in [4.69, 9.17) is 0 Å². The van der Waals surface area contributed by atoms with Gasteiger partial charge in [-0.3, -0.25) is 4.79 Å². The zero-order chi connectivity index (χ0) is 14.6. The van der Waals surface area contributed by atoms with Crippen LogP contribution >= 0.6 is 0 Å². The van der Waals surface area contributed by atoms with Gasteiger partial charge in [0.25, 0.3) is 0 Å². The van der Waals surface area contributed by atoms with Crippen LogP contribution in [0.1, 0.15) is 105 Å². The summed E-state index contributed by atoms with van der Waals surface area (Å²) in [6.07, 6.45) is 15.7. The predicted octanol–water partition coefficient (Wildman–Crippen LogP) is 6.30. The van der Waals surface area contributed by atoms with Crippen LogP contribution < -0.4 is 0 Å². The number of ketones is 1. The molecule has 1 unspecified atom stereocenters. The van der Waals surface area contributed by atoms with Crippen LogP contribution in [0.2, 0.25) is 0 Å². The third-order valence-corrected chi connectivity index (χ3v) is 4.71. The van der Waals surface area contributed by atoms with Crippen LogP contribution in [0.5, 0.6) is 0 Å². The molecule has 0 aliphatic rings. The Morgan fingerprint density at radius 1 is 0.789 bits per heavy atom. The Balaban J connectivity index is 3.38. The minimum atomic E-state index is -0.0554. The second-order valence-corrected chi connectivity index (χ2v) is 6.40. The Morgan fingerprint density at radius 2 is 1.21 bits per heavy atom. The maximum Gasteiger partial charge on any atom is 0.135 e. The maximum absolute atomic E-state index is 11.6. The van der Waals surface area contributed by atoms with E-state index in [1.807, 2.05) is 0 Å². The molecule has 0 aromatic heterocycles. The number of carbonyl (C=O) groups excluding carboxylic acids is 1. The standard InChI is InChI=1S/C18H36O/c1-5-7-8-9-10-11-12-13-14-15-16-18(4,6-2)17(3)19/h5-16H2,1-4H3. The maximum atomic E-state index is 11.6. The third kappa shape index (κ3) is 9.24. The first kappa shape index (κ1) is 18.7. The first-order valence-electron chi connectivity index (χ1n) is 8.58. The van der Waals surface area contributed by atoms with Crippen molar-refractivity contribution in [3.63, 3.8) is 0 Å². The van der Waals surface area contributed by atoms with Crippen molar-refractivity contribution in [2.75, 3.05) is 0 Å². The third-order valence-electron chi connectivity index (χ3n) is 4.71. The van der Waals surface area contributed by atoms with Crippen molar-refractivity contribution in [2.24, 2.45) is 5.41 Å². The van der Waals surface area contributed by atoms with Crippen LogP contribution in [-0.2, 0) is 4.79 Å². The van der Waals surface area contributed by atoms with E-state index in [0.717, 1.165) is 12.8 Å². The summed E-state index contributed by atoms with van der Waals surface area (Å²) < 4.78 is 0. The van der Waals surface area contributed by atoms with Gasteiger partial charge in [0.05, 0.1) is 0 Å². The summed E-state index contributed by atoms with van der Waals surface area (Å²) in [5.41, 5.74) is -0.0554. The van der Waals surface area contributed by atoms with E-state index >= 15 is 0 Å². The molecule has 1 atom stereocenters. The fourth-order valence-corrected chi connectivity index (χ4v) is 2.60. The van der Waals surface area contributed by atoms with Crippen molar-refractivity contribution in [3.05, 3.63) is 0 Å². The fraction of sp³-hybridized carbons (Fsp3) is 0.944. The highest BCUT2D eigenvalue weighted by Crippen LogP contribution is 2.29. The molecule has 1 heteroatoms. The molecule has 19 heavy (non-hydrogen) atoms. The predicted molar refractivity (Wildman–Crippen MR) is 85.5 cm³/mol. The lowest BCUT2D eigenvalue weighted by atomic mass is 9.79. The van der Waals surface area contributed by atoms with Crippen molar-refractivity contribution in [2.45, 2.75) is 105 Å². The van der Waals surface area contributed by atoms with Gasteiger partial charge in [0.2, 0.25) is 0 Å². The topological polar surface area (TPSA) is 17.1 Å². The largest absolute Gasteiger partial charge is 0.299 e. The zero-order valence-electron chi connectivity index (χ0n) is 13.9. The lowest BCUT2D eigenvalue weighted by Gasteiger charge is -2.24. The molecule has 0 radical (unpaired) electrons. The Morgan fingerprint density at radius 3 is 1.58 bits per heavy atom. The Labute approximate surface area is 121 Å². The second-order valence-electron chi connectivity index (χ2n) is 6.40. The van der Waals surface area contributed by atoms with Crippen LogP contribution in [0.4, 0.5) is 0 Å². The summed E-state index contributed by atoms with van der Waals surface area (Å²) in [6, 6.07) is 0. The van der Waals surface area contributed by atoms with Crippen LogP contribution in [0.15, 0.2) is 0 Å². The smallest absolute Gasteiger partial charge is 0.135 e. The van der Waals surface area contributed by atoms with E-state index in [2.05, 4.69) is 20.8 Å². The molecular weight excluding hydrogens is 232 g/mol. The molecule has 0 fully saturated rings. The lowest BCUT2D eigenvalue weighted by molar-refractivity contribution is -0.126. The van der Waals surface area contributed by atoms with E-state index in [1.54, 1.807) is 6.92 Å². The highest BCUT2D eigenvalue weighted by Gasteiger charge is 2.26.